The molecule has 1 rings (SSSR count). The van der Waals surface area contributed by atoms with E-state index in [0.717, 1.165) is 6.42 Å². The van der Waals surface area contributed by atoms with Gasteiger partial charge in [-0.05, 0) is 11.8 Å². The van der Waals surface area contributed by atoms with E-state index in [0.29, 0.717) is 13.2 Å². The molecule has 0 aromatic carbocycles. The third kappa shape index (κ3) is 3.45. The average Bonchev–Trinajstić information content (AvgIpc) is 2.74. The Bertz CT molecular complexity index is 243. The van der Waals surface area contributed by atoms with Crippen molar-refractivity contribution in [2.24, 2.45) is 11.3 Å². The van der Waals surface area contributed by atoms with E-state index in [9.17, 15) is 4.79 Å². The number of alkyl halides is 1. The second kappa shape index (κ2) is 4.83. The fourth-order valence-corrected chi connectivity index (χ4v) is 2.47. The Hall–Kier alpha value is -0.0900. The molecule has 15 heavy (non-hydrogen) atoms. The molecule has 88 valence electrons. The SMILES string of the molecule is COCC(Br)CN(C)C(=O)C1CC1(C)C. The summed E-state index contributed by atoms with van der Waals surface area (Å²) < 4.78 is 5.02. The highest BCUT2D eigenvalue weighted by molar-refractivity contribution is 9.09. The smallest absolute Gasteiger partial charge is 0.226 e. The maximum atomic E-state index is 11.9. The molecule has 2 atom stereocenters. The van der Waals surface area contributed by atoms with Crippen LogP contribution < -0.4 is 0 Å². The lowest BCUT2D eigenvalue weighted by molar-refractivity contribution is -0.132. The van der Waals surface area contributed by atoms with Crippen LogP contribution in [0.1, 0.15) is 20.3 Å². The number of carbonyl (C=O) groups is 1. The van der Waals surface area contributed by atoms with Gasteiger partial charge in [0.2, 0.25) is 5.91 Å². The Balaban J connectivity index is 2.34. The molecule has 0 saturated heterocycles. The van der Waals surface area contributed by atoms with E-state index in [1.165, 1.54) is 0 Å². The molecule has 2 unspecified atom stereocenters. The predicted octanol–water partition coefficient (Wildman–Crippen LogP) is 1.90. The largest absolute Gasteiger partial charge is 0.383 e. The molecule has 0 N–H and O–H groups in total. The molecule has 0 radical (unpaired) electrons. The zero-order valence-electron chi connectivity index (χ0n) is 9.92. The summed E-state index contributed by atoms with van der Waals surface area (Å²) in [6.07, 6.45) is 1.02. The summed E-state index contributed by atoms with van der Waals surface area (Å²) in [6, 6.07) is 0. The highest BCUT2D eigenvalue weighted by atomic mass is 79.9. The fraction of sp³-hybridized carbons (Fsp3) is 0.909. The Labute approximate surface area is 100 Å². The first-order valence-electron chi connectivity index (χ1n) is 5.26. The van der Waals surface area contributed by atoms with E-state index in [1.807, 2.05) is 7.05 Å². The van der Waals surface area contributed by atoms with Gasteiger partial charge in [-0.2, -0.15) is 0 Å². The Morgan fingerprint density at radius 2 is 2.20 bits per heavy atom. The minimum Gasteiger partial charge on any atom is -0.383 e. The second-order valence-electron chi connectivity index (χ2n) is 5.02. The number of hydrogen-bond donors (Lipinski definition) is 0. The van der Waals surface area contributed by atoms with Gasteiger partial charge in [-0.3, -0.25) is 4.79 Å². The lowest BCUT2D eigenvalue weighted by atomic mass is 10.1. The van der Waals surface area contributed by atoms with Crippen molar-refractivity contribution in [3.63, 3.8) is 0 Å². The molecule has 0 heterocycles. The highest BCUT2D eigenvalue weighted by Crippen LogP contribution is 2.52. The summed E-state index contributed by atoms with van der Waals surface area (Å²) in [4.78, 5) is 13.9. The first-order valence-corrected chi connectivity index (χ1v) is 6.18. The van der Waals surface area contributed by atoms with Crippen molar-refractivity contribution in [2.45, 2.75) is 25.1 Å². The van der Waals surface area contributed by atoms with Gasteiger partial charge in [0, 0.05) is 26.6 Å². The normalized spacial score (nSPS) is 24.7. The van der Waals surface area contributed by atoms with Gasteiger partial charge in [0.25, 0.3) is 0 Å². The Morgan fingerprint density at radius 3 is 2.60 bits per heavy atom. The minimum atomic E-state index is 0.217. The summed E-state index contributed by atoms with van der Waals surface area (Å²) in [5.74, 6) is 0.491. The fourth-order valence-electron chi connectivity index (χ4n) is 1.78. The summed E-state index contributed by atoms with van der Waals surface area (Å²) in [5.41, 5.74) is 0.217. The van der Waals surface area contributed by atoms with E-state index in [4.69, 9.17) is 4.74 Å². The molecular weight excluding hydrogens is 258 g/mol. The quantitative estimate of drug-likeness (QED) is 0.719. The molecule has 0 spiro atoms. The maximum Gasteiger partial charge on any atom is 0.226 e. The summed E-state index contributed by atoms with van der Waals surface area (Å²) in [6.45, 7) is 5.62. The molecule has 4 heteroatoms. The van der Waals surface area contributed by atoms with Crippen LogP contribution in [-0.2, 0) is 9.53 Å². The van der Waals surface area contributed by atoms with Crippen LogP contribution in [0.4, 0.5) is 0 Å². The number of carbonyl (C=O) groups excluding carboxylic acids is 1. The number of nitrogens with zero attached hydrogens (tertiary/aromatic N) is 1. The molecule has 1 saturated carbocycles. The van der Waals surface area contributed by atoms with E-state index < -0.39 is 0 Å². The van der Waals surface area contributed by atoms with Crippen LogP contribution in [-0.4, -0.2) is 42.9 Å². The van der Waals surface area contributed by atoms with E-state index in [2.05, 4.69) is 29.8 Å². The number of methoxy groups -OCH3 is 1. The van der Waals surface area contributed by atoms with Crippen molar-refractivity contribution in [2.75, 3.05) is 27.3 Å². The van der Waals surface area contributed by atoms with Crippen molar-refractivity contribution >= 4 is 21.8 Å². The second-order valence-corrected chi connectivity index (χ2v) is 6.31. The summed E-state index contributed by atoms with van der Waals surface area (Å²) >= 11 is 3.49. The number of hydrogen-bond acceptors (Lipinski definition) is 2. The lowest BCUT2D eigenvalue weighted by Gasteiger charge is -2.21. The third-order valence-electron chi connectivity index (χ3n) is 3.01. The first-order chi connectivity index (χ1) is 6.88. The standard InChI is InChI=1S/C11H20BrNO2/c1-11(2)5-9(11)10(14)13(3)6-8(12)7-15-4/h8-9H,5-7H2,1-4H3. The monoisotopic (exact) mass is 277 g/mol. The van der Waals surface area contributed by atoms with Gasteiger partial charge >= 0.3 is 0 Å². The first kappa shape index (κ1) is 13.0. The van der Waals surface area contributed by atoms with Crippen LogP contribution in [0, 0.1) is 11.3 Å². The lowest BCUT2D eigenvalue weighted by Crippen LogP contribution is -2.35. The average molecular weight is 278 g/mol. The van der Waals surface area contributed by atoms with Gasteiger partial charge in [0.1, 0.15) is 0 Å². The molecule has 0 aromatic heterocycles. The molecule has 1 amide bonds. The van der Waals surface area contributed by atoms with Crippen molar-refractivity contribution in [1.29, 1.82) is 0 Å². The summed E-state index contributed by atoms with van der Waals surface area (Å²) in [7, 11) is 3.53. The third-order valence-corrected chi connectivity index (χ3v) is 3.56. The predicted molar refractivity (Wildman–Crippen MR) is 64.1 cm³/mol. The van der Waals surface area contributed by atoms with E-state index >= 15 is 0 Å². The Morgan fingerprint density at radius 1 is 1.67 bits per heavy atom. The highest BCUT2D eigenvalue weighted by Gasteiger charge is 2.51. The Kier molecular flexibility index (Phi) is 4.18. The number of ether oxygens (including phenoxy) is 1. The molecule has 1 aliphatic carbocycles. The molecular formula is C11H20BrNO2. The molecule has 3 nitrogen and oxygen atoms in total. The van der Waals surface area contributed by atoms with Crippen LogP contribution >= 0.6 is 15.9 Å². The number of halogens is 1. The molecule has 1 fully saturated rings. The molecule has 0 bridgehead atoms. The van der Waals surface area contributed by atoms with Crippen LogP contribution in [0.15, 0.2) is 0 Å². The molecule has 0 aromatic rings. The summed E-state index contributed by atoms with van der Waals surface area (Å²) in [5, 5.41) is 0. The number of rotatable bonds is 5. The van der Waals surface area contributed by atoms with Crippen LogP contribution in [0.2, 0.25) is 0 Å². The van der Waals surface area contributed by atoms with Crippen molar-refractivity contribution in [1.82, 2.24) is 4.90 Å². The van der Waals surface area contributed by atoms with Gasteiger partial charge in [-0.25, -0.2) is 0 Å². The van der Waals surface area contributed by atoms with Crippen LogP contribution in [0.3, 0.4) is 0 Å². The van der Waals surface area contributed by atoms with Gasteiger partial charge < -0.3 is 9.64 Å². The van der Waals surface area contributed by atoms with Crippen molar-refractivity contribution < 1.29 is 9.53 Å². The van der Waals surface area contributed by atoms with Crippen LogP contribution in [0.25, 0.3) is 0 Å². The topological polar surface area (TPSA) is 29.5 Å². The van der Waals surface area contributed by atoms with E-state index in [1.54, 1.807) is 12.0 Å². The van der Waals surface area contributed by atoms with Gasteiger partial charge in [0.15, 0.2) is 0 Å². The van der Waals surface area contributed by atoms with Gasteiger partial charge in [-0.1, -0.05) is 29.8 Å². The van der Waals surface area contributed by atoms with Crippen LogP contribution in [0.5, 0.6) is 0 Å². The molecule has 0 aliphatic heterocycles. The van der Waals surface area contributed by atoms with Gasteiger partial charge in [0.05, 0.1) is 11.4 Å². The van der Waals surface area contributed by atoms with E-state index in [-0.39, 0.29) is 22.1 Å². The maximum absolute atomic E-state index is 11.9. The number of amides is 1. The molecule has 1 aliphatic rings. The van der Waals surface area contributed by atoms with Gasteiger partial charge in [-0.15, -0.1) is 0 Å². The van der Waals surface area contributed by atoms with Crippen molar-refractivity contribution in [3.8, 4) is 0 Å². The zero-order chi connectivity index (χ0) is 11.6. The minimum absolute atomic E-state index is 0.217. The van der Waals surface area contributed by atoms with Crippen molar-refractivity contribution in [3.05, 3.63) is 0 Å². The zero-order valence-corrected chi connectivity index (χ0v) is 11.5.